The van der Waals surface area contributed by atoms with Crippen LogP contribution in [0.5, 0.6) is 0 Å². The van der Waals surface area contributed by atoms with E-state index in [1.807, 2.05) is 12.1 Å². The van der Waals surface area contributed by atoms with Crippen molar-refractivity contribution >= 4 is 43.5 Å². The number of rotatable bonds is 0. The first-order valence-corrected chi connectivity index (χ1v) is 10.6. The molecule has 1 fully saturated rings. The van der Waals surface area contributed by atoms with Crippen LogP contribution in [0.4, 0.5) is 0 Å². The molecule has 2 heterocycles. The standard InChI is InChI=1S/C23H21BrN3.Ir/c1-23(2,3)22-26-20-14(5-4-6-17(20)24)21-25-18-10-15-12-7-8-13(9-12)16(15)11-19(18)27(21)22;/h4,6,10-13H,7-9H2,1-3H3;/q-1;. The number of aromatic nitrogens is 3. The van der Waals surface area contributed by atoms with Crippen molar-refractivity contribution in [2.75, 3.05) is 0 Å². The van der Waals surface area contributed by atoms with Gasteiger partial charge in [-0.25, -0.2) is 0 Å². The first-order valence-electron chi connectivity index (χ1n) is 9.78. The fourth-order valence-corrected chi connectivity index (χ4v) is 5.61. The molecule has 3 nitrogen and oxygen atoms in total. The summed E-state index contributed by atoms with van der Waals surface area (Å²) in [5.41, 5.74) is 7.21. The molecule has 0 saturated heterocycles. The van der Waals surface area contributed by atoms with Gasteiger partial charge in [-0.2, -0.15) is 0 Å². The molecule has 0 aliphatic heterocycles. The number of hydrogen-bond donors (Lipinski definition) is 0. The van der Waals surface area contributed by atoms with Crippen molar-refractivity contribution in [1.82, 2.24) is 14.4 Å². The average Bonchev–Trinajstić information content (AvgIpc) is 3.32. The van der Waals surface area contributed by atoms with Gasteiger partial charge in [0.1, 0.15) is 5.82 Å². The van der Waals surface area contributed by atoms with Crippen LogP contribution < -0.4 is 0 Å². The van der Waals surface area contributed by atoms with Gasteiger partial charge in [0, 0.05) is 25.5 Å². The van der Waals surface area contributed by atoms with Crippen LogP contribution in [0.1, 0.15) is 68.8 Å². The van der Waals surface area contributed by atoms with E-state index in [-0.39, 0.29) is 25.5 Å². The fourth-order valence-electron chi connectivity index (χ4n) is 5.20. The second kappa shape index (κ2) is 6.10. The number of nitrogens with zero attached hydrogens (tertiary/aromatic N) is 3. The molecule has 1 saturated carbocycles. The summed E-state index contributed by atoms with van der Waals surface area (Å²) in [7, 11) is 0. The third kappa shape index (κ3) is 2.42. The van der Waals surface area contributed by atoms with Crippen LogP contribution in [-0.4, -0.2) is 14.4 Å². The van der Waals surface area contributed by atoms with Gasteiger partial charge in [-0.15, -0.1) is 18.2 Å². The molecular weight excluding hydrogens is 590 g/mol. The Morgan fingerprint density at radius 2 is 1.82 bits per heavy atom. The number of benzene rings is 2. The minimum Gasteiger partial charge on any atom is -0.321 e. The van der Waals surface area contributed by atoms with Crippen molar-refractivity contribution in [1.29, 1.82) is 0 Å². The van der Waals surface area contributed by atoms with E-state index in [0.717, 1.165) is 44.2 Å². The summed E-state index contributed by atoms with van der Waals surface area (Å²) in [6, 6.07) is 12.1. The Balaban J connectivity index is 0.00000171. The quantitative estimate of drug-likeness (QED) is 0.220. The summed E-state index contributed by atoms with van der Waals surface area (Å²) >= 11 is 3.68. The van der Waals surface area contributed by atoms with Crippen molar-refractivity contribution in [3.63, 3.8) is 0 Å². The maximum atomic E-state index is 5.09. The van der Waals surface area contributed by atoms with Gasteiger partial charge in [0.2, 0.25) is 0 Å². The Hall–Kier alpha value is -1.29. The maximum absolute atomic E-state index is 5.09. The molecule has 4 aromatic rings. The predicted molar refractivity (Wildman–Crippen MR) is 113 cm³/mol. The van der Waals surface area contributed by atoms with Gasteiger partial charge in [-0.05, 0) is 64.3 Å². The smallest absolute Gasteiger partial charge is 0.102 e. The summed E-state index contributed by atoms with van der Waals surface area (Å²) in [6.45, 7) is 6.67. The van der Waals surface area contributed by atoms with Crippen LogP contribution in [0.3, 0.4) is 0 Å². The van der Waals surface area contributed by atoms with Crippen molar-refractivity contribution < 1.29 is 20.1 Å². The largest absolute Gasteiger partial charge is 0.321 e. The Morgan fingerprint density at radius 3 is 2.54 bits per heavy atom. The summed E-state index contributed by atoms with van der Waals surface area (Å²) in [5.74, 6) is 2.54. The monoisotopic (exact) mass is 611 g/mol. The van der Waals surface area contributed by atoms with Crippen LogP contribution in [-0.2, 0) is 25.5 Å². The molecule has 28 heavy (non-hydrogen) atoms. The predicted octanol–water partition coefficient (Wildman–Crippen LogP) is 6.26. The van der Waals surface area contributed by atoms with Gasteiger partial charge < -0.3 is 4.40 Å². The van der Waals surface area contributed by atoms with Crippen LogP contribution >= 0.6 is 15.9 Å². The van der Waals surface area contributed by atoms with Gasteiger partial charge >= 0.3 is 0 Å². The Labute approximate surface area is 186 Å². The molecule has 2 atom stereocenters. The Bertz CT molecular complexity index is 1270. The second-order valence-corrected chi connectivity index (χ2v) is 10.0. The fraction of sp³-hybridized carbons (Fsp3) is 0.391. The molecule has 2 aromatic heterocycles. The Morgan fingerprint density at radius 1 is 1.11 bits per heavy atom. The molecule has 2 aliphatic rings. The van der Waals surface area contributed by atoms with Crippen LogP contribution in [0.2, 0.25) is 0 Å². The minimum atomic E-state index is -0.0899. The van der Waals surface area contributed by atoms with E-state index in [1.165, 1.54) is 24.8 Å². The number of hydrogen-bond acceptors (Lipinski definition) is 2. The van der Waals surface area contributed by atoms with E-state index in [2.05, 4.69) is 59.3 Å². The molecular formula is C23H21BrIrN3-. The molecule has 2 aliphatic carbocycles. The molecule has 0 spiro atoms. The summed E-state index contributed by atoms with van der Waals surface area (Å²) in [6.07, 6.45) is 4.02. The SMILES string of the molecule is CC(C)(C)c1nc2c(Br)cc[c-]c2c2nc3cc4c(cc3n12)C1CCC4C1.[Ir]. The van der Waals surface area contributed by atoms with Gasteiger partial charge in [0.15, 0.2) is 0 Å². The number of halogens is 1. The van der Waals surface area contributed by atoms with Crippen molar-refractivity contribution in [3.8, 4) is 0 Å². The van der Waals surface area contributed by atoms with E-state index in [0.29, 0.717) is 0 Å². The van der Waals surface area contributed by atoms with E-state index in [9.17, 15) is 0 Å². The average molecular weight is 612 g/mol. The topological polar surface area (TPSA) is 30.2 Å². The summed E-state index contributed by atoms with van der Waals surface area (Å²) < 4.78 is 3.28. The molecule has 1 radical (unpaired) electrons. The van der Waals surface area contributed by atoms with Crippen LogP contribution in [0.25, 0.3) is 27.6 Å². The summed E-state index contributed by atoms with van der Waals surface area (Å²) in [4.78, 5) is 10.2. The van der Waals surface area contributed by atoms with Gasteiger partial charge in [0.05, 0.1) is 16.7 Å². The normalized spacial score (nSPS) is 20.9. The van der Waals surface area contributed by atoms with Crippen molar-refractivity contribution in [2.45, 2.75) is 57.3 Å². The molecule has 2 bridgehead atoms. The molecule has 145 valence electrons. The van der Waals surface area contributed by atoms with Gasteiger partial charge in [0.25, 0.3) is 0 Å². The minimum absolute atomic E-state index is 0. The van der Waals surface area contributed by atoms with E-state index >= 15 is 0 Å². The second-order valence-electron chi connectivity index (χ2n) is 9.18. The first-order chi connectivity index (χ1) is 12.9. The van der Waals surface area contributed by atoms with Crippen molar-refractivity contribution in [2.24, 2.45) is 0 Å². The van der Waals surface area contributed by atoms with E-state index in [1.54, 1.807) is 11.1 Å². The zero-order valence-corrected chi connectivity index (χ0v) is 20.1. The van der Waals surface area contributed by atoms with E-state index in [4.69, 9.17) is 9.97 Å². The zero-order chi connectivity index (χ0) is 18.5. The van der Waals surface area contributed by atoms with Crippen LogP contribution in [0, 0.1) is 6.07 Å². The van der Waals surface area contributed by atoms with Crippen molar-refractivity contribution in [3.05, 3.63) is 51.8 Å². The molecule has 6 rings (SSSR count). The Kier molecular flexibility index (Phi) is 4.08. The molecule has 5 heteroatoms. The number of fused-ring (bicyclic) bond motifs is 10. The molecule has 0 N–H and O–H groups in total. The third-order valence-electron chi connectivity index (χ3n) is 6.42. The van der Waals surface area contributed by atoms with Crippen LogP contribution in [0.15, 0.2) is 28.7 Å². The first kappa shape index (κ1) is 18.7. The zero-order valence-electron chi connectivity index (χ0n) is 16.1. The number of imidazole rings is 1. The molecule has 2 aromatic carbocycles. The van der Waals surface area contributed by atoms with Gasteiger partial charge in [-0.3, -0.25) is 9.97 Å². The molecule has 2 unspecified atom stereocenters. The summed E-state index contributed by atoms with van der Waals surface area (Å²) in [5, 5.41) is 0.983. The molecule has 0 amide bonds. The van der Waals surface area contributed by atoms with Gasteiger partial charge in [-0.1, -0.05) is 42.1 Å². The maximum Gasteiger partial charge on any atom is 0.102 e. The third-order valence-corrected chi connectivity index (χ3v) is 7.06. The van der Waals surface area contributed by atoms with E-state index < -0.39 is 0 Å².